The summed E-state index contributed by atoms with van der Waals surface area (Å²) in [4.78, 5) is 0. The summed E-state index contributed by atoms with van der Waals surface area (Å²) in [6, 6.07) is 5.53. The molecule has 1 rings (SSSR count). The van der Waals surface area contributed by atoms with E-state index in [0.29, 0.717) is 5.92 Å². The van der Waals surface area contributed by atoms with Gasteiger partial charge in [-0.25, -0.2) is 4.39 Å². The van der Waals surface area contributed by atoms with Crippen molar-refractivity contribution in [2.24, 2.45) is 0 Å². The molecule has 0 atom stereocenters. The van der Waals surface area contributed by atoms with Crippen molar-refractivity contribution < 1.29 is 4.39 Å². The lowest BCUT2D eigenvalue weighted by atomic mass is 9.93. The zero-order chi connectivity index (χ0) is 9.14. The molecule has 0 N–H and O–H groups in total. The van der Waals surface area contributed by atoms with E-state index in [1.165, 1.54) is 0 Å². The molecule has 2 heteroatoms. The van der Waals surface area contributed by atoms with Crippen molar-refractivity contribution in [3.05, 3.63) is 35.1 Å². The average molecular weight is 164 g/mol. The fraction of sp³-hybridized carbons (Fsp3) is 0.400. The lowest BCUT2D eigenvalue weighted by molar-refractivity contribution is 0.612. The molecule has 0 unspecified atom stereocenters. The van der Waals surface area contributed by atoms with E-state index in [9.17, 15) is 4.39 Å². The Morgan fingerprint density at radius 3 is 2.50 bits per heavy atom. The second-order valence-electron chi connectivity index (χ2n) is 3.36. The van der Waals surface area contributed by atoms with Gasteiger partial charge in [0.2, 0.25) is 0 Å². The van der Waals surface area contributed by atoms with Crippen LogP contribution in [0.25, 0.3) is 0 Å². The molecular weight excluding hydrogens is 150 g/mol. The zero-order valence-electron chi connectivity index (χ0n) is 7.89. The van der Waals surface area contributed by atoms with E-state index < -0.39 is 0 Å². The van der Waals surface area contributed by atoms with Crippen LogP contribution in [0.3, 0.4) is 0 Å². The Morgan fingerprint density at radius 1 is 1.42 bits per heavy atom. The molecule has 0 aliphatic heterocycles. The molecule has 0 heterocycles. The third-order valence-electron chi connectivity index (χ3n) is 2.12. The molecular formula is C10H14BF. The van der Waals surface area contributed by atoms with Crippen LogP contribution in [0, 0.1) is 5.82 Å². The van der Waals surface area contributed by atoms with Crippen molar-refractivity contribution in [2.75, 3.05) is 0 Å². The molecule has 0 bridgehead atoms. The normalized spacial score (nSPS) is 10.7. The quantitative estimate of drug-likeness (QED) is 0.587. The van der Waals surface area contributed by atoms with E-state index in [4.69, 9.17) is 0 Å². The third-order valence-corrected chi connectivity index (χ3v) is 2.12. The number of halogens is 1. The average Bonchev–Trinajstić information content (AvgIpc) is 2.04. The van der Waals surface area contributed by atoms with Gasteiger partial charge in [-0.05, 0) is 23.1 Å². The van der Waals surface area contributed by atoms with Crippen LogP contribution >= 0.6 is 0 Å². The van der Waals surface area contributed by atoms with E-state index >= 15 is 0 Å². The van der Waals surface area contributed by atoms with Crippen molar-refractivity contribution >= 4 is 7.85 Å². The topological polar surface area (TPSA) is 0 Å². The van der Waals surface area contributed by atoms with Crippen LogP contribution < -0.4 is 0 Å². The predicted molar refractivity (Wildman–Crippen MR) is 52.7 cm³/mol. The summed E-state index contributed by atoms with van der Waals surface area (Å²) in [5.41, 5.74) is 1.88. The Kier molecular flexibility index (Phi) is 2.91. The molecule has 0 aliphatic carbocycles. The Hall–Kier alpha value is -0.785. The fourth-order valence-electron chi connectivity index (χ4n) is 1.21. The summed E-state index contributed by atoms with van der Waals surface area (Å²) >= 11 is 0. The molecule has 0 spiro atoms. The van der Waals surface area contributed by atoms with Gasteiger partial charge in [-0.3, -0.25) is 0 Å². The highest BCUT2D eigenvalue weighted by atomic mass is 19.1. The van der Waals surface area contributed by atoms with Crippen LogP contribution in [0.2, 0.25) is 0 Å². The largest absolute Gasteiger partial charge is 0.207 e. The van der Waals surface area contributed by atoms with Crippen molar-refractivity contribution in [3.8, 4) is 0 Å². The van der Waals surface area contributed by atoms with Gasteiger partial charge >= 0.3 is 0 Å². The second-order valence-corrected chi connectivity index (χ2v) is 3.36. The Labute approximate surface area is 74.2 Å². The summed E-state index contributed by atoms with van der Waals surface area (Å²) in [5.74, 6) is 0.342. The number of hydrogen-bond donors (Lipinski definition) is 0. The van der Waals surface area contributed by atoms with Gasteiger partial charge in [0, 0.05) is 0 Å². The Balaban J connectivity index is 3.02. The molecule has 0 amide bonds. The fourth-order valence-corrected chi connectivity index (χ4v) is 1.21. The molecule has 64 valence electrons. The second kappa shape index (κ2) is 3.75. The van der Waals surface area contributed by atoms with Crippen LogP contribution in [-0.4, -0.2) is 7.85 Å². The smallest absolute Gasteiger partial charge is 0.125 e. The first-order chi connectivity index (χ1) is 5.65. The number of hydrogen-bond acceptors (Lipinski definition) is 0. The van der Waals surface area contributed by atoms with Crippen LogP contribution in [-0.2, 0) is 6.32 Å². The lowest BCUT2D eigenvalue weighted by Gasteiger charge is -2.06. The van der Waals surface area contributed by atoms with Crippen LogP contribution in [0.4, 0.5) is 4.39 Å². The summed E-state index contributed by atoms with van der Waals surface area (Å²) in [5, 5.41) is 0. The lowest BCUT2D eigenvalue weighted by Crippen LogP contribution is -1.94. The Bertz CT molecular complexity index is 269. The summed E-state index contributed by atoms with van der Waals surface area (Å²) in [7, 11) is 1.97. The van der Waals surface area contributed by atoms with Gasteiger partial charge in [0.1, 0.15) is 13.7 Å². The zero-order valence-corrected chi connectivity index (χ0v) is 7.89. The molecule has 12 heavy (non-hydrogen) atoms. The van der Waals surface area contributed by atoms with E-state index in [1.54, 1.807) is 6.07 Å². The van der Waals surface area contributed by atoms with Crippen molar-refractivity contribution in [3.63, 3.8) is 0 Å². The summed E-state index contributed by atoms with van der Waals surface area (Å²) in [6.45, 7) is 4.14. The standard InChI is InChI=1S/C10H14BF/c1-7(2)8-3-4-9(6-11)10(12)5-8/h3-5,7H,6,11H2,1-2H3. The molecule has 0 fully saturated rings. The first-order valence-electron chi connectivity index (χ1n) is 4.43. The maximum atomic E-state index is 13.2. The Morgan fingerprint density at radius 2 is 2.08 bits per heavy atom. The molecule has 1 aromatic carbocycles. The van der Waals surface area contributed by atoms with Crippen LogP contribution in [0.5, 0.6) is 0 Å². The van der Waals surface area contributed by atoms with Crippen molar-refractivity contribution in [1.29, 1.82) is 0 Å². The molecule has 0 nitrogen and oxygen atoms in total. The maximum Gasteiger partial charge on any atom is 0.125 e. The van der Waals surface area contributed by atoms with E-state index in [1.807, 2.05) is 20.0 Å². The monoisotopic (exact) mass is 164 g/mol. The van der Waals surface area contributed by atoms with Crippen LogP contribution in [0.15, 0.2) is 18.2 Å². The predicted octanol–water partition coefficient (Wildman–Crippen LogP) is 2.08. The van der Waals surface area contributed by atoms with Gasteiger partial charge in [0.15, 0.2) is 0 Å². The number of rotatable bonds is 2. The van der Waals surface area contributed by atoms with E-state index in [-0.39, 0.29) is 5.82 Å². The third kappa shape index (κ3) is 1.87. The molecule has 0 radical (unpaired) electrons. The highest BCUT2D eigenvalue weighted by Gasteiger charge is 2.03. The van der Waals surface area contributed by atoms with Gasteiger partial charge in [0.05, 0.1) is 0 Å². The van der Waals surface area contributed by atoms with Crippen molar-refractivity contribution in [2.45, 2.75) is 26.1 Å². The minimum absolute atomic E-state index is 0.0660. The van der Waals surface area contributed by atoms with Gasteiger partial charge in [-0.2, -0.15) is 0 Å². The van der Waals surface area contributed by atoms with Crippen LogP contribution in [0.1, 0.15) is 30.9 Å². The number of benzene rings is 1. The van der Waals surface area contributed by atoms with Crippen molar-refractivity contribution in [1.82, 2.24) is 0 Å². The molecule has 0 aromatic heterocycles. The minimum atomic E-state index is -0.0660. The highest BCUT2D eigenvalue weighted by Crippen LogP contribution is 2.17. The van der Waals surface area contributed by atoms with Gasteiger partial charge < -0.3 is 0 Å². The summed E-state index contributed by atoms with van der Waals surface area (Å²) in [6.07, 6.45) is 0.768. The SMILES string of the molecule is BCc1ccc(C(C)C)cc1F. The summed E-state index contributed by atoms with van der Waals surface area (Å²) < 4.78 is 13.2. The first-order valence-corrected chi connectivity index (χ1v) is 4.43. The maximum absolute atomic E-state index is 13.2. The van der Waals surface area contributed by atoms with Gasteiger partial charge in [-0.1, -0.05) is 32.3 Å². The van der Waals surface area contributed by atoms with E-state index in [0.717, 1.165) is 17.4 Å². The van der Waals surface area contributed by atoms with Gasteiger partial charge in [0.25, 0.3) is 0 Å². The molecule has 0 saturated carbocycles. The molecule has 0 saturated heterocycles. The van der Waals surface area contributed by atoms with Gasteiger partial charge in [-0.15, -0.1) is 0 Å². The molecule has 1 aromatic rings. The first kappa shape index (κ1) is 9.30. The minimum Gasteiger partial charge on any atom is -0.207 e. The highest BCUT2D eigenvalue weighted by molar-refractivity contribution is 6.08. The van der Waals surface area contributed by atoms with E-state index in [2.05, 4.69) is 13.8 Å². The molecule has 0 aliphatic rings.